The third-order valence-corrected chi connectivity index (χ3v) is 3.96. The van der Waals surface area contributed by atoms with Crippen molar-refractivity contribution in [2.75, 3.05) is 18.4 Å². The first-order valence-corrected chi connectivity index (χ1v) is 9.37. The van der Waals surface area contributed by atoms with Crippen molar-refractivity contribution in [2.24, 2.45) is 0 Å². The summed E-state index contributed by atoms with van der Waals surface area (Å²) in [5.41, 5.74) is 1.49. The monoisotopic (exact) mass is 399 g/mol. The van der Waals surface area contributed by atoms with Gasteiger partial charge in [0, 0.05) is 43.0 Å². The first-order chi connectivity index (χ1) is 13.9. The van der Waals surface area contributed by atoms with Crippen molar-refractivity contribution in [2.45, 2.75) is 33.2 Å². The van der Waals surface area contributed by atoms with Crippen LogP contribution in [0, 0.1) is 0 Å². The summed E-state index contributed by atoms with van der Waals surface area (Å²) >= 11 is 0. The third kappa shape index (κ3) is 7.21. The normalized spacial score (nSPS) is 10.3. The molecular formula is C20H25N5O4. The minimum absolute atomic E-state index is 0.128. The molecule has 1 aromatic carbocycles. The number of aryl methyl sites for hydroxylation is 1. The standard InChI is InChI=1S/C20H25N5O4/c1-3-4-17-11-19(28)25(13-23-17)12-18(27)21-9-10-22-20(29)15-5-7-16(8-6-15)24-14(2)26/h5-8,11,13H,3-4,9-10,12H2,1-2H3,(H,21,27)(H,22,29)(H,24,26). The second-order valence-electron chi connectivity index (χ2n) is 6.46. The number of carbonyl (C=O) groups excluding carboxylic acids is 3. The first-order valence-electron chi connectivity index (χ1n) is 9.37. The molecule has 1 heterocycles. The molecule has 0 unspecified atom stereocenters. The van der Waals surface area contributed by atoms with Gasteiger partial charge >= 0.3 is 0 Å². The average Bonchev–Trinajstić information content (AvgIpc) is 2.67. The number of aromatic nitrogens is 2. The van der Waals surface area contributed by atoms with E-state index < -0.39 is 0 Å². The van der Waals surface area contributed by atoms with Gasteiger partial charge in [-0.3, -0.25) is 23.7 Å². The highest BCUT2D eigenvalue weighted by atomic mass is 16.2. The molecule has 2 rings (SSSR count). The number of anilines is 1. The van der Waals surface area contributed by atoms with Gasteiger partial charge in [-0.2, -0.15) is 0 Å². The molecule has 9 nitrogen and oxygen atoms in total. The molecule has 0 saturated carbocycles. The Morgan fingerprint density at radius 3 is 2.38 bits per heavy atom. The molecule has 0 bridgehead atoms. The van der Waals surface area contributed by atoms with E-state index >= 15 is 0 Å². The van der Waals surface area contributed by atoms with Crippen LogP contribution in [0.15, 0.2) is 41.5 Å². The SMILES string of the molecule is CCCc1cc(=O)n(CC(=O)NCCNC(=O)c2ccc(NC(C)=O)cc2)cn1. The van der Waals surface area contributed by atoms with Gasteiger partial charge in [-0.25, -0.2) is 4.98 Å². The molecule has 0 radical (unpaired) electrons. The molecule has 0 atom stereocenters. The molecule has 1 aromatic heterocycles. The average molecular weight is 399 g/mol. The van der Waals surface area contributed by atoms with E-state index in [4.69, 9.17) is 0 Å². The summed E-state index contributed by atoms with van der Waals surface area (Å²) < 4.78 is 1.24. The van der Waals surface area contributed by atoms with Crippen LogP contribution in [-0.2, 0) is 22.6 Å². The van der Waals surface area contributed by atoms with Crippen molar-refractivity contribution in [3.05, 3.63) is 58.3 Å². The van der Waals surface area contributed by atoms with Gasteiger partial charge in [-0.1, -0.05) is 13.3 Å². The van der Waals surface area contributed by atoms with E-state index in [0.717, 1.165) is 12.8 Å². The highest BCUT2D eigenvalue weighted by molar-refractivity contribution is 5.95. The number of hydrogen-bond acceptors (Lipinski definition) is 5. The minimum atomic E-state index is -0.342. The molecule has 29 heavy (non-hydrogen) atoms. The van der Waals surface area contributed by atoms with Crippen LogP contribution in [0.3, 0.4) is 0 Å². The van der Waals surface area contributed by atoms with Crippen LogP contribution in [0.25, 0.3) is 0 Å². The van der Waals surface area contributed by atoms with E-state index in [9.17, 15) is 19.2 Å². The number of carbonyl (C=O) groups is 3. The van der Waals surface area contributed by atoms with Crippen molar-refractivity contribution in [1.29, 1.82) is 0 Å². The lowest BCUT2D eigenvalue weighted by atomic mass is 10.2. The lowest BCUT2D eigenvalue weighted by Gasteiger charge is -2.09. The third-order valence-electron chi connectivity index (χ3n) is 3.96. The van der Waals surface area contributed by atoms with Gasteiger partial charge in [0.1, 0.15) is 6.54 Å². The predicted molar refractivity (Wildman–Crippen MR) is 109 cm³/mol. The highest BCUT2D eigenvalue weighted by Gasteiger charge is 2.07. The maximum atomic E-state index is 12.1. The van der Waals surface area contributed by atoms with Gasteiger partial charge in [-0.15, -0.1) is 0 Å². The second-order valence-corrected chi connectivity index (χ2v) is 6.46. The number of nitrogens with zero attached hydrogens (tertiary/aromatic N) is 2. The number of amides is 3. The molecule has 0 spiro atoms. The zero-order valence-electron chi connectivity index (χ0n) is 16.5. The van der Waals surface area contributed by atoms with Crippen LogP contribution in [0.5, 0.6) is 0 Å². The van der Waals surface area contributed by atoms with Crippen molar-refractivity contribution in [1.82, 2.24) is 20.2 Å². The maximum absolute atomic E-state index is 12.1. The lowest BCUT2D eigenvalue weighted by Crippen LogP contribution is -2.37. The summed E-state index contributed by atoms with van der Waals surface area (Å²) in [6.45, 7) is 3.74. The van der Waals surface area contributed by atoms with E-state index in [1.165, 1.54) is 23.9 Å². The van der Waals surface area contributed by atoms with Gasteiger partial charge in [0.15, 0.2) is 0 Å². The van der Waals surface area contributed by atoms with Crippen LogP contribution in [0.1, 0.15) is 36.3 Å². The minimum Gasteiger partial charge on any atom is -0.353 e. The Kier molecular flexibility index (Phi) is 8.08. The molecule has 9 heteroatoms. The Bertz CT molecular complexity index is 921. The molecule has 2 aromatic rings. The molecule has 0 aliphatic carbocycles. The molecular weight excluding hydrogens is 374 g/mol. The van der Waals surface area contributed by atoms with Gasteiger partial charge < -0.3 is 16.0 Å². The van der Waals surface area contributed by atoms with Crippen molar-refractivity contribution < 1.29 is 14.4 Å². The van der Waals surface area contributed by atoms with Crippen molar-refractivity contribution in [3.8, 4) is 0 Å². The predicted octanol–water partition coefficient (Wildman–Crippen LogP) is 0.700. The fourth-order valence-electron chi connectivity index (χ4n) is 2.57. The summed E-state index contributed by atoms with van der Waals surface area (Å²) in [7, 11) is 0. The molecule has 0 fully saturated rings. The van der Waals surface area contributed by atoms with Gasteiger partial charge in [0.05, 0.1) is 6.33 Å². The molecule has 3 N–H and O–H groups in total. The number of rotatable bonds is 9. The van der Waals surface area contributed by atoms with E-state index in [2.05, 4.69) is 20.9 Å². The molecule has 0 aliphatic heterocycles. The van der Waals surface area contributed by atoms with Gasteiger partial charge in [-0.05, 0) is 30.7 Å². The number of nitrogens with one attached hydrogen (secondary N) is 3. The Morgan fingerprint density at radius 1 is 1.07 bits per heavy atom. The maximum Gasteiger partial charge on any atom is 0.253 e. The summed E-state index contributed by atoms with van der Waals surface area (Å²) in [6.07, 6.45) is 2.99. The fraction of sp³-hybridized carbons (Fsp3) is 0.350. The van der Waals surface area contributed by atoms with Crippen LogP contribution in [-0.4, -0.2) is 40.4 Å². The zero-order valence-corrected chi connectivity index (χ0v) is 16.5. The van der Waals surface area contributed by atoms with Crippen LogP contribution >= 0.6 is 0 Å². The number of hydrogen-bond donors (Lipinski definition) is 3. The molecule has 154 valence electrons. The first kappa shape index (κ1) is 21.8. The van der Waals surface area contributed by atoms with E-state index in [1.807, 2.05) is 6.92 Å². The Morgan fingerprint density at radius 2 is 1.76 bits per heavy atom. The summed E-state index contributed by atoms with van der Waals surface area (Å²) in [5, 5.41) is 7.96. The number of benzene rings is 1. The Balaban J connectivity index is 1.74. The highest BCUT2D eigenvalue weighted by Crippen LogP contribution is 2.09. The smallest absolute Gasteiger partial charge is 0.253 e. The molecule has 0 saturated heterocycles. The van der Waals surface area contributed by atoms with E-state index in [-0.39, 0.29) is 42.9 Å². The van der Waals surface area contributed by atoms with Crippen LogP contribution < -0.4 is 21.5 Å². The fourth-order valence-corrected chi connectivity index (χ4v) is 2.57. The largest absolute Gasteiger partial charge is 0.353 e. The zero-order chi connectivity index (χ0) is 21.2. The van der Waals surface area contributed by atoms with Gasteiger partial charge in [0.25, 0.3) is 11.5 Å². The van der Waals surface area contributed by atoms with Crippen molar-refractivity contribution >= 4 is 23.4 Å². The van der Waals surface area contributed by atoms with E-state index in [0.29, 0.717) is 16.9 Å². The quantitative estimate of drug-likeness (QED) is 0.536. The molecule has 0 aliphatic rings. The summed E-state index contributed by atoms with van der Waals surface area (Å²) in [5.74, 6) is -0.820. The topological polar surface area (TPSA) is 122 Å². The Hall–Kier alpha value is -3.49. The van der Waals surface area contributed by atoms with Crippen LogP contribution in [0.2, 0.25) is 0 Å². The summed E-state index contributed by atoms with van der Waals surface area (Å²) in [6, 6.07) is 7.90. The molecule has 3 amide bonds. The van der Waals surface area contributed by atoms with E-state index in [1.54, 1.807) is 24.3 Å². The summed E-state index contributed by atoms with van der Waals surface area (Å²) in [4.78, 5) is 51.2. The van der Waals surface area contributed by atoms with Crippen molar-refractivity contribution in [3.63, 3.8) is 0 Å². The Labute approximate surface area is 168 Å². The van der Waals surface area contributed by atoms with Crippen LogP contribution in [0.4, 0.5) is 5.69 Å². The second kappa shape index (κ2) is 10.7. The van der Waals surface area contributed by atoms with Gasteiger partial charge in [0.2, 0.25) is 11.8 Å². The lowest BCUT2D eigenvalue weighted by molar-refractivity contribution is -0.121.